The van der Waals surface area contributed by atoms with Crippen LogP contribution in [0.2, 0.25) is 0 Å². The predicted octanol–water partition coefficient (Wildman–Crippen LogP) is 2.01. The van der Waals surface area contributed by atoms with E-state index in [1.165, 1.54) is 11.3 Å². The fourth-order valence-corrected chi connectivity index (χ4v) is 3.48. The Hall–Kier alpha value is -1.73. The van der Waals surface area contributed by atoms with E-state index in [1.807, 2.05) is 25.7 Å². The van der Waals surface area contributed by atoms with Gasteiger partial charge in [-0.15, -0.1) is 11.3 Å². The number of rotatable bonds is 3. The molecular formula is C15H20N4O2S. The number of piperazine rings is 1. The van der Waals surface area contributed by atoms with Gasteiger partial charge in [0.05, 0.1) is 16.9 Å². The Balaban J connectivity index is 1.59. The van der Waals surface area contributed by atoms with Crippen molar-refractivity contribution in [3.63, 3.8) is 0 Å². The fourth-order valence-electron chi connectivity index (χ4n) is 2.71. The molecule has 3 rings (SSSR count). The number of carbonyl (C=O) groups excluding carboxylic acids is 1. The van der Waals surface area contributed by atoms with Gasteiger partial charge in [0.1, 0.15) is 10.6 Å². The van der Waals surface area contributed by atoms with Gasteiger partial charge in [-0.1, -0.05) is 5.16 Å². The third-order valence-electron chi connectivity index (χ3n) is 4.16. The maximum absolute atomic E-state index is 12.5. The van der Waals surface area contributed by atoms with Crippen LogP contribution in [-0.4, -0.2) is 52.0 Å². The molecule has 0 saturated carbocycles. The average molecular weight is 320 g/mol. The van der Waals surface area contributed by atoms with Crippen LogP contribution in [0.25, 0.3) is 0 Å². The number of hydrogen-bond donors (Lipinski definition) is 0. The number of nitrogens with zero attached hydrogens (tertiary/aromatic N) is 4. The van der Waals surface area contributed by atoms with Gasteiger partial charge in [-0.05, 0) is 20.8 Å². The molecule has 0 aliphatic carbocycles. The molecule has 0 atom stereocenters. The third kappa shape index (κ3) is 2.91. The maximum Gasteiger partial charge on any atom is 0.265 e. The molecule has 0 bridgehead atoms. The van der Waals surface area contributed by atoms with Crippen molar-refractivity contribution in [3.8, 4) is 0 Å². The van der Waals surface area contributed by atoms with E-state index in [0.29, 0.717) is 0 Å². The van der Waals surface area contributed by atoms with Crippen LogP contribution in [0, 0.1) is 20.8 Å². The van der Waals surface area contributed by atoms with Crippen LogP contribution in [0.4, 0.5) is 0 Å². The van der Waals surface area contributed by atoms with Crippen LogP contribution in [-0.2, 0) is 6.54 Å². The van der Waals surface area contributed by atoms with Gasteiger partial charge >= 0.3 is 0 Å². The molecule has 2 aromatic rings. The number of hydrogen-bond acceptors (Lipinski definition) is 6. The zero-order valence-corrected chi connectivity index (χ0v) is 13.9. The highest BCUT2D eigenvalue weighted by Crippen LogP contribution is 2.19. The lowest BCUT2D eigenvalue weighted by molar-refractivity contribution is 0.0631. The van der Waals surface area contributed by atoms with Gasteiger partial charge in [-0.25, -0.2) is 4.98 Å². The summed E-state index contributed by atoms with van der Waals surface area (Å²) < 4.78 is 5.21. The van der Waals surface area contributed by atoms with Crippen molar-refractivity contribution in [2.75, 3.05) is 26.2 Å². The quantitative estimate of drug-likeness (QED) is 0.866. The van der Waals surface area contributed by atoms with Crippen molar-refractivity contribution in [2.45, 2.75) is 27.3 Å². The molecule has 1 aliphatic heterocycles. The summed E-state index contributed by atoms with van der Waals surface area (Å²) in [6, 6.07) is 0. The number of carbonyl (C=O) groups is 1. The minimum atomic E-state index is 0.108. The Morgan fingerprint density at radius 3 is 2.50 bits per heavy atom. The Morgan fingerprint density at radius 2 is 1.95 bits per heavy atom. The van der Waals surface area contributed by atoms with E-state index in [1.54, 1.807) is 5.51 Å². The largest absolute Gasteiger partial charge is 0.361 e. The van der Waals surface area contributed by atoms with Gasteiger partial charge in [0, 0.05) is 38.3 Å². The molecule has 0 radical (unpaired) electrons. The highest BCUT2D eigenvalue weighted by atomic mass is 32.1. The lowest BCUT2D eigenvalue weighted by Gasteiger charge is -2.34. The summed E-state index contributed by atoms with van der Waals surface area (Å²) in [5.74, 6) is 0.994. The van der Waals surface area contributed by atoms with Gasteiger partial charge in [0.15, 0.2) is 0 Å². The number of thiazole rings is 1. The predicted molar refractivity (Wildman–Crippen MR) is 84.0 cm³/mol. The lowest BCUT2D eigenvalue weighted by atomic mass is 10.1. The van der Waals surface area contributed by atoms with Gasteiger partial charge in [-0.3, -0.25) is 9.69 Å². The highest BCUT2D eigenvalue weighted by Gasteiger charge is 2.25. The average Bonchev–Trinajstić information content (AvgIpc) is 3.08. The molecule has 1 aliphatic rings. The van der Waals surface area contributed by atoms with E-state index in [-0.39, 0.29) is 5.91 Å². The lowest BCUT2D eigenvalue weighted by Crippen LogP contribution is -2.48. The third-order valence-corrected chi connectivity index (χ3v) is 5.08. The first-order valence-corrected chi connectivity index (χ1v) is 8.27. The van der Waals surface area contributed by atoms with Crippen molar-refractivity contribution in [1.29, 1.82) is 0 Å². The second-order valence-corrected chi connectivity index (χ2v) is 6.49. The van der Waals surface area contributed by atoms with Crippen LogP contribution in [0.3, 0.4) is 0 Å². The van der Waals surface area contributed by atoms with Crippen LogP contribution in [0.15, 0.2) is 10.0 Å². The second kappa shape index (κ2) is 6.18. The molecule has 22 heavy (non-hydrogen) atoms. The molecular weight excluding hydrogens is 300 g/mol. The molecule has 1 fully saturated rings. The maximum atomic E-state index is 12.5. The molecule has 0 spiro atoms. The van der Waals surface area contributed by atoms with Crippen molar-refractivity contribution in [2.24, 2.45) is 0 Å². The van der Waals surface area contributed by atoms with Crippen LogP contribution < -0.4 is 0 Å². The zero-order chi connectivity index (χ0) is 15.7. The summed E-state index contributed by atoms with van der Waals surface area (Å²) in [5.41, 5.74) is 4.68. The molecule has 0 unspecified atom stereocenters. The molecule has 6 nitrogen and oxygen atoms in total. The van der Waals surface area contributed by atoms with E-state index >= 15 is 0 Å². The van der Waals surface area contributed by atoms with E-state index in [2.05, 4.69) is 15.0 Å². The smallest absolute Gasteiger partial charge is 0.265 e. The van der Waals surface area contributed by atoms with Crippen molar-refractivity contribution < 1.29 is 9.32 Å². The fraction of sp³-hybridized carbons (Fsp3) is 0.533. The number of aromatic nitrogens is 2. The van der Waals surface area contributed by atoms with Crippen LogP contribution in [0.5, 0.6) is 0 Å². The summed E-state index contributed by atoms with van der Waals surface area (Å²) in [6.45, 7) is 9.88. The van der Waals surface area contributed by atoms with Crippen molar-refractivity contribution in [3.05, 3.63) is 33.1 Å². The van der Waals surface area contributed by atoms with E-state index in [0.717, 1.165) is 60.3 Å². The molecule has 0 N–H and O–H groups in total. The van der Waals surface area contributed by atoms with Crippen LogP contribution in [0.1, 0.15) is 32.4 Å². The normalized spacial score (nSPS) is 16.2. The second-order valence-electron chi connectivity index (χ2n) is 5.64. The summed E-state index contributed by atoms with van der Waals surface area (Å²) in [7, 11) is 0. The number of aryl methyl sites for hydroxylation is 3. The number of amides is 1. The topological polar surface area (TPSA) is 62.5 Å². The van der Waals surface area contributed by atoms with Gasteiger partial charge in [0.2, 0.25) is 0 Å². The minimum Gasteiger partial charge on any atom is -0.361 e. The Bertz CT molecular complexity index is 651. The van der Waals surface area contributed by atoms with Gasteiger partial charge < -0.3 is 9.42 Å². The van der Waals surface area contributed by atoms with Crippen molar-refractivity contribution >= 4 is 17.2 Å². The summed E-state index contributed by atoms with van der Waals surface area (Å²) in [6.07, 6.45) is 0. The first-order chi connectivity index (χ1) is 10.6. The molecule has 118 valence electrons. The zero-order valence-electron chi connectivity index (χ0n) is 13.1. The SMILES string of the molecule is Cc1ncsc1C(=O)N1CCN(Cc2c(C)noc2C)CC1. The summed E-state index contributed by atoms with van der Waals surface area (Å²) in [4.78, 5) is 21.7. The first-order valence-electron chi connectivity index (χ1n) is 7.39. The first kappa shape index (κ1) is 15.2. The van der Waals surface area contributed by atoms with Crippen molar-refractivity contribution in [1.82, 2.24) is 19.9 Å². The summed E-state index contributed by atoms with van der Waals surface area (Å²) >= 11 is 1.42. The van der Waals surface area contributed by atoms with Crippen LogP contribution >= 0.6 is 11.3 Å². The van der Waals surface area contributed by atoms with E-state index in [4.69, 9.17) is 4.52 Å². The Labute approximate surface area is 133 Å². The molecule has 0 aromatic carbocycles. The molecule has 3 heterocycles. The monoisotopic (exact) mass is 320 g/mol. The molecule has 1 amide bonds. The molecule has 7 heteroatoms. The Morgan fingerprint density at radius 1 is 1.23 bits per heavy atom. The summed E-state index contributed by atoms with van der Waals surface area (Å²) in [5, 5.41) is 4.00. The minimum absolute atomic E-state index is 0.108. The molecule has 1 saturated heterocycles. The Kier molecular flexibility index (Phi) is 4.26. The van der Waals surface area contributed by atoms with Gasteiger partial charge in [0.25, 0.3) is 5.91 Å². The van der Waals surface area contributed by atoms with E-state index in [9.17, 15) is 4.79 Å². The highest BCUT2D eigenvalue weighted by molar-refractivity contribution is 7.11. The molecule has 2 aromatic heterocycles. The standard InChI is InChI=1S/C15H20N4O2S/c1-10-13(12(3)21-17-10)8-18-4-6-19(7-5-18)15(20)14-11(2)16-9-22-14/h9H,4-8H2,1-3H3. The van der Waals surface area contributed by atoms with E-state index < -0.39 is 0 Å². The van der Waals surface area contributed by atoms with Gasteiger partial charge in [-0.2, -0.15) is 0 Å².